The van der Waals surface area contributed by atoms with Gasteiger partial charge in [-0.3, -0.25) is 4.79 Å². The average molecular weight is 282 g/mol. The number of hydrogen-bond donors (Lipinski definition) is 1. The summed E-state index contributed by atoms with van der Waals surface area (Å²) in [5.41, 5.74) is -1.49. The number of aryl methyl sites for hydroxylation is 1. The average Bonchev–Trinajstić information content (AvgIpc) is 2.82. The molecule has 6 nitrogen and oxygen atoms in total. The number of carboxylic acid groups (broad SMARTS) is 1. The Kier molecular flexibility index (Phi) is 3.61. The van der Waals surface area contributed by atoms with Crippen molar-refractivity contribution in [3.8, 4) is 5.88 Å². The normalized spacial score (nSPS) is 21.9. The van der Waals surface area contributed by atoms with E-state index in [0.717, 1.165) is 0 Å². The summed E-state index contributed by atoms with van der Waals surface area (Å²) in [4.78, 5) is 28.4. The molecule has 0 radical (unpaired) electrons. The highest BCUT2D eigenvalue weighted by molar-refractivity contribution is 5.97. The molecule has 1 aromatic rings. The van der Waals surface area contributed by atoms with Crippen LogP contribution in [0.4, 0.5) is 4.39 Å². The van der Waals surface area contributed by atoms with Gasteiger partial charge in [-0.25, -0.2) is 14.2 Å². The summed E-state index contributed by atoms with van der Waals surface area (Å²) in [5, 5.41) is 8.83. The topological polar surface area (TPSA) is 79.7 Å². The number of carboxylic acids is 1. The minimum absolute atomic E-state index is 0.0542. The Morgan fingerprint density at radius 3 is 2.75 bits per heavy atom. The van der Waals surface area contributed by atoms with Gasteiger partial charge in [0.1, 0.15) is 5.56 Å². The number of amides is 1. The molecule has 0 bridgehead atoms. The van der Waals surface area contributed by atoms with E-state index in [4.69, 9.17) is 9.84 Å². The van der Waals surface area contributed by atoms with E-state index in [1.54, 1.807) is 19.1 Å². The summed E-state index contributed by atoms with van der Waals surface area (Å²) in [6.45, 7) is 1.35. The molecular formula is C13H15FN2O4. The first kappa shape index (κ1) is 14.2. The molecule has 0 aromatic carbocycles. The first-order valence-electron chi connectivity index (χ1n) is 6.10. The van der Waals surface area contributed by atoms with Gasteiger partial charge in [0.15, 0.2) is 0 Å². The van der Waals surface area contributed by atoms with Crippen LogP contribution in [0.5, 0.6) is 5.88 Å². The molecule has 0 aliphatic carbocycles. The first-order chi connectivity index (χ1) is 9.37. The lowest BCUT2D eigenvalue weighted by molar-refractivity contribution is -0.149. The molecule has 1 amide bonds. The lowest BCUT2D eigenvalue weighted by Gasteiger charge is -2.18. The summed E-state index contributed by atoms with van der Waals surface area (Å²) < 4.78 is 19.0. The third-order valence-electron chi connectivity index (χ3n) is 3.31. The van der Waals surface area contributed by atoms with E-state index in [0.29, 0.717) is 5.69 Å². The first-order valence-corrected chi connectivity index (χ1v) is 6.10. The maximum atomic E-state index is 14.0. The molecule has 1 aliphatic rings. The number of halogens is 1. The number of alkyl halides is 1. The van der Waals surface area contributed by atoms with Crippen molar-refractivity contribution in [2.45, 2.75) is 19.0 Å². The van der Waals surface area contributed by atoms with Gasteiger partial charge in [-0.15, -0.1) is 0 Å². The number of ether oxygens (including phenoxy) is 1. The number of aromatic nitrogens is 1. The predicted molar refractivity (Wildman–Crippen MR) is 67.5 cm³/mol. The number of pyridine rings is 1. The third-order valence-corrected chi connectivity index (χ3v) is 3.31. The Morgan fingerprint density at radius 1 is 1.50 bits per heavy atom. The van der Waals surface area contributed by atoms with Crippen LogP contribution in [0, 0.1) is 6.92 Å². The molecule has 1 fully saturated rings. The van der Waals surface area contributed by atoms with Crippen LogP contribution in [-0.4, -0.2) is 52.7 Å². The number of rotatable bonds is 3. The fourth-order valence-electron chi connectivity index (χ4n) is 2.14. The zero-order valence-corrected chi connectivity index (χ0v) is 11.2. The molecule has 1 atom stereocenters. The lowest BCUT2D eigenvalue weighted by Crippen LogP contribution is -2.39. The quantitative estimate of drug-likeness (QED) is 0.896. The van der Waals surface area contributed by atoms with E-state index < -0.39 is 24.1 Å². The highest BCUT2D eigenvalue weighted by Crippen LogP contribution is 2.28. The van der Waals surface area contributed by atoms with Crippen molar-refractivity contribution >= 4 is 11.9 Å². The summed E-state index contributed by atoms with van der Waals surface area (Å²) in [6, 6.07) is 3.19. The number of likely N-dealkylation sites (tertiary alicyclic amines) is 1. The zero-order chi connectivity index (χ0) is 14.9. The van der Waals surface area contributed by atoms with Gasteiger partial charge in [-0.05, 0) is 19.1 Å². The van der Waals surface area contributed by atoms with Gasteiger partial charge >= 0.3 is 5.97 Å². The van der Waals surface area contributed by atoms with Gasteiger partial charge in [0.2, 0.25) is 11.5 Å². The molecule has 2 heterocycles. The molecule has 1 aliphatic heterocycles. The SMILES string of the molecule is COc1nc(C)ccc1C(=O)N1CCC(F)(C(=O)O)C1. The van der Waals surface area contributed by atoms with E-state index in [9.17, 15) is 14.0 Å². The van der Waals surface area contributed by atoms with Crippen molar-refractivity contribution in [1.29, 1.82) is 0 Å². The van der Waals surface area contributed by atoms with Crippen LogP contribution in [0.15, 0.2) is 12.1 Å². The maximum absolute atomic E-state index is 14.0. The lowest BCUT2D eigenvalue weighted by atomic mass is 10.1. The second kappa shape index (κ2) is 5.07. The summed E-state index contributed by atoms with van der Waals surface area (Å²) in [7, 11) is 1.39. The van der Waals surface area contributed by atoms with Crippen LogP contribution >= 0.6 is 0 Å². The summed E-state index contributed by atoms with van der Waals surface area (Å²) >= 11 is 0. The monoisotopic (exact) mass is 282 g/mol. The van der Waals surface area contributed by atoms with Crippen molar-refractivity contribution in [2.75, 3.05) is 20.2 Å². The van der Waals surface area contributed by atoms with Crippen molar-refractivity contribution in [2.24, 2.45) is 0 Å². The van der Waals surface area contributed by atoms with Crippen molar-refractivity contribution in [3.63, 3.8) is 0 Å². The molecule has 0 spiro atoms. The predicted octanol–water partition coefficient (Wildman–Crippen LogP) is 1.04. The van der Waals surface area contributed by atoms with E-state index in [1.807, 2.05) is 0 Å². The highest BCUT2D eigenvalue weighted by Gasteiger charge is 2.47. The van der Waals surface area contributed by atoms with Gasteiger partial charge in [0.25, 0.3) is 5.91 Å². The molecule has 1 saturated heterocycles. The fraction of sp³-hybridized carbons (Fsp3) is 0.462. The van der Waals surface area contributed by atoms with E-state index in [1.165, 1.54) is 12.0 Å². The van der Waals surface area contributed by atoms with Gasteiger partial charge in [0.05, 0.1) is 13.7 Å². The number of methoxy groups -OCH3 is 1. The molecule has 0 saturated carbocycles. The second-order valence-corrected chi connectivity index (χ2v) is 4.76. The van der Waals surface area contributed by atoms with E-state index in [-0.39, 0.29) is 24.4 Å². The van der Waals surface area contributed by atoms with Crippen molar-refractivity contribution in [1.82, 2.24) is 9.88 Å². The van der Waals surface area contributed by atoms with Crippen LogP contribution in [-0.2, 0) is 4.79 Å². The van der Waals surface area contributed by atoms with Gasteiger partial charge in [-0.2, -0.15) is 0 Å². The number of nitrogens with zero attached hydrogens (tertiary/aromatic N) is 2. The molecular weight excluding hydrogens is 267 g/mol. The molecule has 108 valence electrons. The van der Waals surface area contributed by atoms with E-state index in [2.05, 4.69) is 4.98 Å². The minimum Gasteiger partial charge on any atom is -0.480 e. The van der Waals surface area contributed by atoms with Crippen LogP contribution in [0.2, 0.25) is 0 Å². The fourth-order valence-corrected chi connectivity index (χ4v) is 2.14. The number of hydrogen-bond acceptors (Lipinski definition) is 4. The van der Waals surface area contributed by atoms with Gasteiger partial charge in [0, 0.05) is 18.7 Å². The summed E-state index contributed by atoms with van der Waals surface area (Å²) in [6.07, 6.45) is -0.213. The molecule has 1 unspecified atom stereocenters. The Balaban J connectivity index is 2.23. The zero-order valence-electron chi connectivity index (χ0n) is 11.2. The third kappa shape index (κ3) is 2.43. The van der Waals surface area contributed by atoms with Crippen LogP contribution in [0.25, 0.3) is 0 Å². The number of aliphatic carboxylic acids is 1. The minimum atomic E-state index is -2.37. The Labute approximate surface area is 115 Å². The molecule has 2 rings (SSSR count). The van der Waals surface area contributed by atoms with Crippen LogP contribution in [0.1, 0.15) is 22.5 Å². The van der Waals surface area contributed by atoms with E-state index >= 15 is 0 Å². The highest BCUT2D eigenvalue weighted by atomic mass is 19.1. The largest absolute Gasteiger partial charge is 0.480 e. The molecule has 7 heteroatoms. The van der Waals surface area contributed by atoms with Crippen molar-refractivity contribution in [3.05, 3.63) is 23.4 Å². The Morgan fingerprint density at radius 2 is 2.20 bits per heavy atom. The molecule has 20 heavy (non-hydrogen) atoms. The summed E-state index contributed by atoms with van der Waals surface area (Å²) in [5.74, 6) is -1.86. The maximum Gasteiger partial charge on any atom is 0.343 e. The van der Waals surface area contributed by atoms with Gasteiger partial charge < -0.3 is 14.7 Å². The molecule has 1 aromatic heterocycles. The number of carbonyl (C=O) groups is 2. The Bertz CT molecular complexity index is 563. The van der Waals surface area contributed by atoms with Crippen molar-refractivity contribution < 1.29 is 23.8 Å². The Hall–Kier alpha value is -2.18. The second-order valence-electron chi connectivity index (χ2n) is 4.76. The van der Waals surface area contributed by atoms with Gasteiger partial charge in [-0.1, -0.05) is 0 Å². The smallest absolute Gasteiger partial charge is 0.343 e. The molecule has 1 N–H and O–H groups in total. The standard InChI is InChI=1S/C13H15FN2O4/c1-8-3-4-9(10(15-8)20-2)11(17)16-6-5-13(14,7-16)12(18)19/h3-4H,5-7H2,1-2H3,(H,18,19). The number of carbonyl (C=O) groups excluding carboxylic acids is 1. The van der Waals surface area contributed by atoms with Crippen LogP contribution in [0.3, 0.4) is 0 Å². The van der Waals surface area contributed by atoms with Crippen LogP contribution < -0.4 is 4.74 Å².